The SMILES string of the molecule is CC/C=C/CC/C=C/CC/C=C/C(O)C(COC1OC(CO)C(OC2OC(CO)C(OC3OC(CO)C(O)C(O)C3O)C(O)C2O)C(O)C1O)NC(=O)CCCCCCCCCCCCCCCCCCCCCCC. The summed E-state index contributed by atoms with van der Waals surface area (Å²) < 4.78 is 34.1. The zero-order chi connectivity index (χ0) is 55.5. The van der Waals surface area contributed by atoms with Crippen LogP contribution < -0.4 is 5.32 Å². The van der Waals surface area contributed by atoms with E-state index >= 15 is 0 Å². The first-order chi connectivity index (χ1) is 36.8. The molecule has 3 saturated heterocycles. The molecule has 19 heteroatoms. The fourth-order valence-electron chi connectivity index (χ4n) is 9.88. The molecule has 1 amide bonds. The Morgan fingerprint density at radius 3 is 1.30 bits per heavy atom. The van der Waals surface area contributed by atoms with E-state index in [2.05, 4.69) is 43.5 Å². The van der Waals surface area contributed by atoms with Gasteiger partial charge in [-0.25, -0.2) is 0 Å². The van der Waals surface area contributed by atoms with Gasteiger partial charge in [-0.15, -0.1) is 0 Å². The summed E-state index contributed by atoms with van der Waals surface area (Å²) in [6.07, 6.45) is 15.9. The number of unbranched alkanes of at least 4 members (excludes halogenated alkanes) is 22. The van der Waals surface area contributed by atoms with Crippen LogP contribution >= 0.6 is 0 Å². The molecule has 3 heterocycles. The summed E-state index contributed by atoms with van der Waals surface area (Å²) in [6, 6.07) is -0.991. The van der Waals surface area contributed by atoms with Gasteiger partial charge in [0.05, 0.1) is 38.6 Å². The van der Waals surface area contributed by atoms with E-state index in [1.807, 2.05) is 6.08 Å². The molecule has 0 aliphatic carbocycles. The van der Waals surface area contributed by atoms with Crippen LogP contribution in [-0.2, 0) is 33.2 Å². The van der Waals surface area contributed by atoms with Gasteiger partial charge in [0, 0.05) is 6.42 Å². The molecule has 0 aromatic rings. The normalized spacial score (nSPS) is 31.2. The van der Waals surface area contributed by atoms with Crippen LogP contribution in [0, 0.1) is 0 Å². The van der Waals surface area contributed by atoms with Crippen LogP contribution in [0.2, 0.25) is 0 Å². The van der Waals surface area contributed by atoms with E-state index in [0.717, 1.165) is 44.9 Å². The Balaban J connectivity index is 1.47. The predicted octanol–water partition coefficient (Wildman–Crippen LogP) is 4.54. The lowest BCUT2D eigenvalue weighted by Gasteiger charge is -2.48. The van der Waals surface area contributed by atoms with E-state index in [0.29, 0.717) is 12.8 Å². The highest BCUT2D eigenvalue weighted by Crippen LogP contribution is 2.33. The maximum Gasteiger partial charge on any atom is 0.220 e. The molecule has 17 unspecified atom stereocenters. The van der Waals surface area contributed by atoms with E-state index in [9.17, 15) is 61.0 Å². The highest BCUT2D eigenvalue weighted by atomic mass is 16.8. The molecule has 444 valence electrons. The maximum absolute atomic E-state index is 13.3. The van der Waals surface area contributed by atoms with Crippen LogP contribution in [-0.4, -0.2) is 193 Å². The minimum absolute atomic E-state index is 0.235. The molecule has 0 aromatic carbocycles. The van der Waals surface area contributed by atoms with Crippen molar-refractivity contribution in [3.05, 3.63) is 36.5 Å². The number of nitrogens with one attached hydrogen (secondary N) is 1. The highest BCUT2D eigenvalue weighted by molar-refractivity contribution is 5.76. The molecule has 0 spiro atoms. The number of ether oxygens (including phenoxy) is 6. The lowest BCUT2D eigenvalue weighted by atomic mass is 9.96. The van der Waals surface area contributed by atoms with Gasteiger partial charge < -0.3 is 89.9 Å². The summed E-state index contributed by atoms with van der Waals surface area (Å²) in [6.45, 7) is 1.56. The van der Waals surface area contributed by atoms with Crippen LogP contribution in [0.1, 0.15) is 187 Å². The molecule has 3 fully saturated rings. The Kier molecular flexibility index (Phi) is 36.9. The first-order valence-electron chi connectivity index (χ1n) is 29.2. The van der Waals surface area contributed by atoms with Crippen LogP contribution in [0.4, 0.5) is 0 Å². The highest BCUT2D eigenvalue weighted by Gasteiger charge is 2.53. The zero-order valence-electron chi connectivity index (χ0n) is 46.0. The van der Waals surface area contributed by atoms with Gasteiger partial charge in [-0.05, 0) is 38.5 Å². The minimum Gasteiger partial charge on any atom is -0.394 e. The monoisotopic (exact) mass is 1090 g/mol. The van der Waals surface area contributed by atoms with Gasteiger partial charge in [-0.1, -0.05) is 179 Å². The third-order valence-corrected chi connectivity index (χ3v) is 14.7. The summed E-state index contributed by atoms with van der Waals surface area (Å²) in [4.78, 5) is 13.3. The van der Waals surface area contributed by atoms with E-state index in [1.54, 1.807) is 6.08 Å². The van der Waals surface area contributed by atoms with Crippen LogP contribution in [0.3, 0.4) is 0 Å². The van der Waals surface area contributed by atoms with Gasteiger partial charge in [0.15, 0.2) is 18.9 Å². The lowest BCUT2D eigenvalue weighted by molar-refractivity contribution is -0.379. The summed E-state index contributed by atoms with van der Waals surface area (Å²) in [7, 11) is 0. The summed E-state index contributed by atoms with van der Waals surface area (Å²) >= 11 is 0. The summed E-state index contributed by atoms with van der Waals surface area (Å²) in [5.74, 6) is -0.291. The van der Waals surface area contributed by atoms with E-state index in [1.165, 1.54) is 109 Å². The Labute approximate surface area is 453 Å². The molecule has 12 N–H and O–H groups in total. The Hall–Kier alpha value is -1.99. The number of aliphatic hydroxyl groups excluding tert-OH is 11. The van der Waals surface area contributed by atoms with Crippen LogP contribution in [0.25, 0.3) is 0 Å². The largest absolute Gasteiger partial charge is 0.394 e. The van der Waals surface area contributed by atoms with Gasteiger partial charge in [0.1, 0.15) is 73.2 Å². The lowest BCUT2D eigenvalue weighted by Crippen LogP contribution is -2.66. The van der Waals surface area contributed by atoms with Gasteiger partial charge >= 0.3 is 0 Å². The Morgan fingerprint density at radius 2 is 0.855 bits per heavy atom. The smallest absolute Gasteiger partial charge is 0.220 e. The van der Waals surface area contributed by atoms with Gasteiger partial charge in [0.25, 0.3) is 0 Å². The fraction of sp³-hybridized carbons (Fsp3) is 0.877. The van der Waals surface area contributed by atoms with Crippen molar-refractivity contribution >= 4 is 5.91 Å². The molecule has 3 aliphatic heterocycles. The molecule has 76 heavy (non-hydrogen) atoms. The predicted molar refractivity (Wildman–Crippen MR) is 286 cm³/mol. The quantitative estimate of drug-likeness (QED) is 0.0295. The first kappa shape index (κ1) is 68.3. The maximum atomic E-state index is 13.3. The number of hydrogen-bond acceptors (Lipinski definition) is 18. The molecule has 3 aliphatic rings. The van der Waals surface area contributed by atoms with Crippen molar-refractivity contribution in [2.24, 2.45) is 0 Å². The minimum atomic E-state index is -1.98. The Morgan fingerprint density at radius 1 is 0.474 bits per heavy atom. The third-order valence-electron chi connectivity index (χ3n) is 14.7. The average Bonchev–Trinajstić information content (AvgIpc) is 3.41. The molecule has 0 aromatic heterocycles. The second-order valence-electron chi connectivity index (χ2n) is 21.1. The molecule has 0 radical (unpaired) electrons. The molecule has 0 bridgehead atoms. The van der Waals surface area contributed by atoms with Crippen molar-refractivity contribution in [3.8, 4) is 0 Å². The van der Waals surface area contributed by atoms with Crippen molar-refractivity contribution in [2.45, 2.75) is 291 Å². The van der Waals surface area contributed by atoms with E-state index in [-0.39, 0.29) is 18.9 Å². The Bertz CT molecular complexity index is 1540. The second-order valence-corrected chi connectivity index (χ2v) is 21.1. The topological polar surface area (TPSA) is 307 Å². The van der Waals surface area contributed by atoms with Crippen molar-refractivity contribution in [3.63, 3.8) is 0 Å². The average molecular weight is 1090 g/mol. The third kappa shape index (κ3) is 25.2. The zero-order valence-corrected chi connectivity index (χ0v) is 46.0. The standard InChI is InChI=1S/C57H103NO18/c1-3-5-7-9-11-13-15-16-17-18-19-20-21-22-23-24-25-27-29-31-33-35-45(63)58-40(41(62)34-32-30-28-26-14-12-10-8-6-4-2)39-71-55-51(69)48(66)53(43(37-60)73-55)76-57-52(70)49(67)54(44(38-61)74-57)75-56-50(68)47(65)46(64)42(36-59)72-56/h6,8,14,26,32,34,40-44,46-57,59-62,64-70H,3-5,7,9-13,15-25,27-31,33,35-39H2,1-2H3,(H,58,63)/b8-6+,26-14+,34-32+. The van der Waals surface area contributed by atoms with Gasteiger partial charge in [-0.2, -0.15) is 0 Å². The molecule has 3 rings (SSSR count). The first-order valence-corrected chi connectivity index (χ1v) is 29.2. The fourth-order valence-corrected chi connectivity index (χ4v) is 9.88. The summed E-state index contributed by atoms with van der Waals surface area (Å²) in [5, 5.41) is 120. The molecule has 17 atom stereocenters. The number of amides is 1. The number of carbonyl (C=O) groups excluding carboxylic acids is 1. The molecular formula is C57H103NO18. The van der Waals surface area contributed by atoms with E-state index in [4.69, 9.17) is 28.4 Å². The van der Waals surface area contributed by atoms with Gasteiger partial charge in [0.2, 0.25) is 5.91 Å². The number of rotatable bonds is 42. The molecule has 19 nitrogen and oxygen atoms in total. The van der Waals surface area contributed by atoms with Crippen molar-refractivity contribution in [1.29, 1.82) is 0 Å². The number of hydrogen-bond donors (Lipinski definition) is 12. The van der Waals surface area contributed by atoms with Crippen molar-refractivity contribution < 1.29 is 89.4 Å². The number of carbonyl (C=O) groups is 1. The van der Waals surface area contributed by atoms with Crippen molar-refractivity contribution in [1.82, 2.24) is 5.32 Å². The molecule has 0 saturated carbocycles. The van der Waals surface area contributed by atoms with E-state index < -0.39 is 124 Å². The van der Waals surface area contributed by atoms with Crippen LogP contribution in [0.15, 0.2) is 36.5 Å². The number of aliphatic hydroxyl groups is 11. The van der Waals surface area contributed by atoms with Crippen molar-refractivity contribution in [2.75, 3.05) is 26.4 Å². The summed E-state index contributed by atoms with van der Waals surface area (Å²) in [5.41, 5.74) is 0. The van der Waals surface area contributed by atoms with Crippen LogP contribution in [0.5, 0.6) is 0 Å². The molecular weight excluding hydrogens is 987 g/mol. The van der Waals surface area contributed by atoms with Gasteiger partial charge in [-0.3, -0.25) is 4.79 Å². The second kappa shape index (κ2) is 41.1. The number of allylic oxidation sites excluding steroid dienone is 5.